The van der Waals surface area contributed by atoms with Crippen molar-refractivity contribution in [3.8, 4) is 0 Å². The highest BCUT2D eigenvalue weighted by atomic mass is 16.1. The Hall–Kier alpha value is -1.18. The first-order valence-corrected chi connectivity index (χ1v) is 2.51. The van der Waals surface area contributed by atoms with E-state index in [2.05, 4.69) is 13.2 Å². The molecule has 0 unspecified atom stereocenters. The van der Waals surface area contributed by atoms with Gasteiger partial charge in [0.05, 0.1) is 6.42 Å². The first-order chi connectivity index (χ1) is 4.20. The van der Waals surface area contributed by atoms with Crippen LogP contribution in [0, 0.1) is 0 Å². The summed E-state index contributed by atoms with van der Waals surface area (Å²) in [4.78, 5) is 20.8. The fourth-order valence-electron chi connectivity index (χ4n) is 0.316. The van der Waals surface area contributed by atoms with Gasteiger partial charge in [0.1, 0.15) is 0 Å². The Labute approximate surface area is 53.9 Å². The third-order valence-electron chi connectivity index (χ3n) is 0.804. The molecule has 0 heterocycles. The van der Waals surface area contributed by atoms with E-state index in [0.29, 0.717) is 0 Å². The highest BCUT2D eigenvalue weighted by molar-refractivity contribution is 6.08. The van der Waals surface area contributed by atoms with Crippen LogP contribution >= 0.6 is 0 Å². The zero-order valence-corrected chi connectivity index (χ0v) is 5.09. The van der Waals surface area contributed by atoms with Gasteiger partial charge >= 0.3 is 0 Å². The molecule has 9 heavy (non-hydrogen) atoms. The Morgan fingerprint density at radius 1 is 1.11 bits per heavy atom. The van der Waals surface area contributed by atoms with E-state index in [4.69, 9.17) is 0 Å². The molecule has 0 saturated carbocycles. The minimum Gasteiger partial charge on any atom is -0.294 e. The molecule has 0 N–H and O–H groups in total. The van der Waals surface area contributed by atoms with Crippen molar-refractivity contribution >= 4 is 11.6 Å². The van der Waals surface area contributed by atoms with Gasteiger partial charge in [-0.25, -0.2) is 0 Å². The highest BCUT2D eigenvalue weighted by Crippen LogP contribution is 1.86. The third-order valence-corrected chi connectivity index (χ3v) is 0.804. The Kier molecular flexibility index (Phi) is 3.28. The average Bonchev–Trinajstić information content (AvgIpc) is 1.87. The second kappa shape index (κ2) is 3.78. The summed E-state index contributed by atoms with van der Waals surface area (Å²) < 4.78 is 0. The summed E-state index contributed by atoms with van der Waals surface area (Å²) in [6.07, 6.45) is 2.15. The summed E-state index contributed by atoms with van der Waals surface area (Å²) in [7, 11) is 0. The number of hydrogen-bond acceptors (Lipinski definition) is 2. The molecule has 0 saturated heterocycles. The fraction of sp³-hybridized carbons (Fsp3) is 0.143. The molecule has 48 valence electrons. The lowest BCUT2D eigenvalue weighted by molar-refractivity contribution is -0.121. The third kappa shape index (κ3) is 3.41. The monoisotopic (exact) mass is 124 g/mol. The molecule has 0 aliphatic rings. The van der Waals surface area contributed by atoms with Crippen molar-refractivity contribution in [3.05, 3.63) is 25.3 Å². The summed E-state index contributed by atoms with van der Waals surface area (Å²) >= 11 is 0. The Morgan fingerprint density at radius 3 is 1.67 bits per heavy atom. The number of carbonyl (C=O) groups is 2. The zero-order chi connectivity index (χ0) is 7.28. The maximum Gasteiger partial charge on any atom is 0.162 e. The molecule has 2 heteroatoms. The topological polar surface area (TPSA) is 34.1 Å². The van der Waals surface area contributed by atoms with Crippen LogP contribution in [-0.2, 0) is 9.59 Å². The van der Waals surface area contributed by atoms with Crippen LogP contribution in [0.4, 0.5) is 0 Å². The van der Waals surface area contributed by atoms with Gasteiger partial charge in [0.15, 0.2) is 11.6 Å². The van der Waals surface area contributed by atoms with Crippen molar-refractivity contribution in [1.29, 1.82) is 0 Å². The first kappa shape index (κ1) is 7.82. The molecule has 0 aromatic carbocycles. The average molecular weight is 124 g/mol. The molecule has 0 aliphatic carbocycles. The molecule has 0 radical (unpaired) electrons. The van der Waals surface area contributed by atoms with Crippen LogP contribution in [0.25, 0.3) is 0 Å². The van der Waals surface area contributed by atoms with Gasteiger partial charge in [-0.3, -0.25) is 9.59 Å². The van der Waals surface area contributed by atoms with Crippen LogP contribution < -0.4 is 0 Å². The zero-order valence-electron chi connectivity index (χ0n) is 5.09. The van der Waals surface area contributed by atoms with Crippen molar-refractivity contribution in [2.24, 2.45) is 0 Å². The van der Waals surface area contributed by atoms with Crippen molar-refractivity contribution in [2.45, 2.75) is 6.42 Å². The molecule has 2 nitrogen and oxygen atoms in total. The van der Waals surface area contributed by atoms with E-state index < -0.39 is 0 Å². The van der Waals surface area contributed by atoms with Crippen LogP contribution in [0.5, 0.6) is 0 Å². The predicted molar refractivity (Wildman–Crippen MR) is 35.0 cm³/mol. The Morgan fingerprint density at radius 2 is 1.44 bits per heavy atom. The smallest absolute Gasteiger partial charge is 0.162 e. The maximum atomic E-state index is 10.4. The molecule has 0 aromatic rings. The summed E-state index contributed by atoms with van der Waals surface area (Å²) in [5, 5.41) is 0. The summed E-state index contributed by atoms with van der Waals surface area (Å²) in [6.45, 7) is 6.42. The number of ketones is 2. The normalized spacial score (nSPS) is 8.00. The van der Waals surface area contributed by atoms with E-state index in [1.54, 1.807) is 0 Å². The summed E-state index contributed by atoms with van der Waals surface area (Å²) in [5.41, 5.74) is 0. The minimum absolute atomic E-state index is 0.104. The van der Waals surface area contributed by atoms with E-state index in [1.165, 1.54) is 0 Å². The van der Waals surface area contributed by atoms with Gasteiger partial charge in [0, 0.05) is 0 Å². The first-order valence-electron chi connectivity index (χ1n) is 2.51. The van der Waals surface area contributed by atoms with Crippen LogP contribution in [0.3, 0.4) is 0 Å². The number of allylic oxidation sites excluding steroid dienone is 2. The number of hydrogen-bond donors (Lipinski definition) is 0. The SMILES string of the molecule is C=CC(=O)CC(=O)C=C. The molecular formula is C7H8O2. The van der Waals surface area contributed by atoms with Crippen molar-refractivity contribution in [2.75, 3.05) is 0 Å². The van der Waals surface area contributed by atoms with Gasteiger partial charge in [0.25, 0.3) is 0 Å². The van der Waals surface area contributed by atoms with Gasteiger partial charge in [-0.1, -0.05) is 13.2 Å². The molecular weight excluding hydrogens is 116 g/mol. The summed E-state index contributed by atoms with van der Waals surface area (Å²) in [6, 6.07) is 0. The van der Waals surface area contributed by atoms with E-state index in [-0.39, 0.29) is 18.0 Å². The Balaban J connectivity index is 3.73. The predicted octanol–water partition coefficient (Wildman–Crippen LogP) is 0.887. The van der Waals surface area contributed by atoms with Crippen LogP contribution in [0.1, 0.15) is 6.42 Å². The number of rotatable bonds is 4. The molecule has 0 amide bonds. The van der Waals surface area contributed by atoms with Gasteiger partial charge in [-0.05, 0) is 12.2 Å². The van der Waals surface area contributed by atoms with E-state index in [9.17, 15) is 9.59 Å². The quantitative estimate of drug-likeness (QED) is 0.412. The molecule has 0 aromatic heterocycles. The molecule has 0 rings (SSSR count). The lowest BCUT2D eigenvalue weighted by atomic mass is 10.2. The highest BCUT2D eigenvalue weighted by Gasteiger charge is 1.99. The van der Waals surface area contributed by atoms with Gasteiger partial charge in [-0.15, -0.1) is 0 Å². The largest absolute Gasteiger partial charge is 0.294 e. The Bertz CT molecular complexity index is 138. The van der Waals surface area contributed by atoms with E-state index in [1.807, 2.05) is 0 Å². The van der Waals surface area contributed by atoms with E-state index in [0.717, 1.165) is 12.2 Å². The standard InChI is InChI=1S/C7H8O2/c1-3-6(8)5-7(9)4-2/h3-4H,1-2,5H2. The maximum absolute atomic E-state index is 10.4. The lowest BCUT2D eigenvalue weighted by Gasteiger charge is -1.85. The summed E-state index contributed by atoms with van der Waals surface area (Å²) in [5.74, 6) is -0.528. The van der Waals surface area contributed by atoms with Crippen LogP contribution in [-0.4, -0.2) is 11.6 Å². The fourth-order valence-corrected chi connectivity index (χ4v) is 0.316. The van der Waals surface area contributed by atoms with Crippen LogP contribution in [0.2, 0.25) is 0 Å². The van der Waals surface area contributed by atoms with Crippen molar-refractivity contribution < 1.29 is 9.59 Å². The molecule has 0 bridgehead atoms. The number of carbonyl (C=O) groups excluding carboxylic acids is 2. The van der Waals surface area contributed by atoms with Gasteiger partial charge < -0.3 is 0 Å². The second-order valence-electron chi connectivity index (χ2n) is 1.52. The van der Waals surface area contributed by atoms with Crippen molar-refractivity contribution in [3.63, 3.8) is 0 Å². The molecule has 0 aliphatic heterocycles. The molecule has 0 atom stereocenters. The van der Waals surface area contributed by atoms with E-state index >= 15 is 0 Å². The van der Waals surface area contributed by atoms with Crippen molar-refractivity contribution in [1.82, 2.24) is 0 Å². The lowest BCUT2D eigenvalue weighted by Crippen LogP contribution is -2.00. The second-order valence-corrected chi connectivity index (χ2v) is 1.52. The molecule has 0 spiro atoms. The van der Waals surface area contributed by atoms with Gasteiger partial charge in [-0.2, -0.15) is 0 Å². The van der Waals surface area contributed by atoms with Gasteiger partial charge in [0.2, 0.25) is 0 Å². The minimum atomic E-state index is -0.264. The molecule has 0 fully saturated rings. The van der Waals surface area contributed by atoms with Crippen LogP contribution in [0.15, 0.2) is 25.3 Å².